The van der Waals surface area contributed by atoms with E-state index >= 15 is 0 Å². The Bertz CT molecular complexity index is 1090. The smallest absolute Gasteiger partial charge is 0.344 e. The quantitative estimate of drug-likeness (QED) is 0.634. The van der Waals surface area contributed by atoms with Gasteiger partial charge >= 0.3 is 11.9 Å². The Hall–Kier alpha value is -2.99. The number of carboxylic acids is 2. The SMILES string of the molecule is Cc1c(C)n(Cc2cc(Cl)cc(O[C@H](C)C(=O)O)c2)c2ccc(C(=O)O)cc12. The molecule has 1 heterocycles. The van der Waals surface area contributed by atoms with Gasteiger partial charge in [0.25, 0.3) is 0 Å². The molecule has 0 amide bonds. The van der Waals surface area contributed by atoms with Gasteiger partial charge in [-0.25, -0.2) is 9.59 Å². The van der Waals surface area contributed by atoms with Crippen molar-refractivity contribution in [1.29, 1.82) is 0 Å². The van der Waals surface area contributed by atoms with Crippen molar-refractivity contribution < 1.29 is 24.5 Å². The van der Waals surface area contributed by atoms with Crippen LogP contribution >= 0.6 is 11.6 Å². The fourth-order valence-electron chi connectivity index (χ4n) is 3.20. The summed E-state index contributed by atoms with van der Waals surface area (Å²) in [7, 11) is 0. The fraction of sp³-hybridized carbons (Fsp3) is 0.238. The Labute approximate surface area is 166 Å². The van der Waals surface area contributed by atoms with Gasteiger partial charge in [-0.1, -0.05) is 11.6 Å². The summed E-state index contributed by atoms with van der Waals surface area (Å²) in [5, 5.41) is 19.6. The highest BCUT2D eigenvalue weighted by atomic mass is 35.5. The Morgan fingerprint density at radius 1 is 1.14 bits per heavy atom. The first-order valence-electron chi connectivity index (χ1n) is 8.69. The van der Waals surface area contributed by atoms with Gasteiger partial charge in [0.05, 0.1) is 5.56 Å². The van der Waals surface area contributed by atoms with Crippen LogP contribution in [-0.2, 0) is 11.3 Å². The van der Waals surface area contributed by atoms with Crippen LogP contribution in [0.5, 0.6) is 5.75 Å². The van der Waals surface area contributed by atoms with Crippen molar-refractivity contribution in [3.8, 4) is 5.75 Å². The van der Waals surface area contributed by atoms with E-state index in [-0.39, 0.29) is 5.56 Å². The standard InChI is InChI=1S/C21H20ClNO5/c1-11-12(2)23(19-5-4-15(21(26)27)8-18(11)19)10-14-6-16(22)9-17(7-14)28-13(3)20(24)25/h4-9,13H,10H2,1-3H3,(H,24,25)(H,26,27)/t13-/m1/s1. The van der Waals surface area contributed by atoms with Gasteiger partial charge in [0.1, 0.15) is 5.75 Å². The lowest BCUT2D eigenvalue weighted by atomic mass is 10.1. The van der Waals surface area contributed by atoms with Crippen LogP contribution in [0, 0.1) is 13.8 Å². The van der Waals surface area contributed by atoms with E-state index in [0.717, 1.165) is 27.7 Å². The predicted octanol–water partition coefficient (Wildman–Crippen LogP) is 4.51. The third-order valence-electron chi connectivity index (χ3n) is 4.82. The second kappa shape index (κ2) is 7.56. The molecular weight excluding hydrogens is 382 g/mol. The van der Waals surface area contributed by atoms with Gasteiger partial charge in [-0.2, -0.15) is 0 Å². The molecule has 0 radical (unpaired) electrons. The number of ether oxygens (including phenoxy) is 1. The van der Waals surface area contributed by atoms with Crippen molar-refractivity contribution in [2.24, 2.45) is 0 Å². The van der Waals surface area contributed by atoms with Crippen LogP contribution in [0.15, 0.2) is 36.4 Å². The van der Waals surface area contributed by atoms with Gasteiger partial charge in [-0.15, -0.1) is 0 Å². The number of carboxylic acid groups (broad SMARTS) is 2. The predicted molar refractivity (Wildman–Crippen MR) is 107 cm³/mol. The summed E-state index contributed by atoms with van der Waals surface area (Å²) < 4.78 is 7.52. The van der Waals surface area contributed by atoms with Crippen LogP contribution < -0.4 is 4.74 Å². The zero-order chi connectivity index (χ0) is 20.6. The summed E-state index contributed by atoms with van der Waals surface area (Å²) in [6.45, 7) is 5.88. The lowest BCUT2D eigenvalue weighted by Crippen LogP contribution is -2.22. The third kappa shape index (κ3) is 3.82. The van der Waals surface area contributed by atoms with Gasteiger partial charge < -0.3 is 19.5 Å². The number of aryl methyl sites for hydroxylation is 1. The number of hydrogen-bond donors (Lipinski definition) is 2. The maximum Gasteiger partial charge on any atom is 0.344 e. The molecule has 0 aliphatic heterocycles. The minimum absolute atomic E-state index is 0.244. The van der Waals surface area contributed by atoms with Gasteiger partial charge in [-0.05, 0) is 68.3 Å². The van der Waals surface area contributed by atoms with Crippen molar-refractivity contribution >= 4 is 34.4 Å². The van der Waals surface area contributed by atoms with E-state index in [1.54, 1.807) is 36.4 Å². The van der Waals surface area contributed by atoms with Crippen molar-refractivity contribution in [3.63, 3.8) is 0 Å². The first-order chi connectivity index (χ1) is 13.2. The number of aliphatic carboxylic acids is 1. The molecule has 0 saturated heterocycles. The Morgan fingerprint density at radius 2 is 1.86 bits per heavy atom. The van der Waals surface area contributed by atoms with Crippen molar-refractivity contribution in [2.45, 2.75) is 33.4 Å². The van der Waals surface area contributed by atoms with Gasteiger partial charge in [0.2, 0.25) is 0 Å². The molecule has 3 aromatic rings. The van der Waals surface area contributed by atoms with Gasteiger partial charge in [0, 0.05) is 28.2 Å². The number of rotatable bonds is 6. The number of benzene rings is 2. The lowest BCUT2D eigenvalue weighted by Gasteiger charge is -2.14. The normalized spacial score (nSPS) is 12.1. The van der Waals surface area contributed by atoms with Crippen molar-refractivity contribution in [1.82, 2.24) is 4.57 Å². The Morgan fingerprint density at radius 3 is 2.50 bits per heavy atom. The molecule has 0 aliphatic rings. The average Bonchev–Trinajstić information content (AvgIpc) is 2.85. The molecule has 28 heavy (non-hydrogen) atoms. The molecule has 0 unspecified atom stereocenters. The first-order valence-corrected chi connectivity index (χ1v) is 9.07. The van der Waals surface area contributed by atoms with Crippen molar-refractivity contribution in [2.75, 3.05) is 0 Å². The number of hydrogen-bond acceptors (Lipinski definition) is 3. The number of aromatic carboxylic acids is 1. The highest BCUT2D eigenvalue weighted by Crippen LogP contribution is 2.29. The van der Waals surface area contributed by atoms with E-state index in [4.69, 9.17) is 21.4 Å². The molecule has 146 valence electrons. The average molecular weight is 402 g/mol. The van der Waals surface area contributed by atoms with Crippen LogP contribution in [0.2, 0.25) is 5.02 Å². The second-order valence-corrected chi connectivity index (χ2v) is 7.16. The van der Waals surface area contributed by atoms with Gasteiger partial charge in [-0.3, -0.25) is 0 Å². The van der Waals surface area contributed by atoms with Crippen LogP contribution in [0.4, 0.5) is 0 Å². The summed E-state index contributed by atoms with van der Waals surface area (Å²) in [4.78, 5) is 22.3. The Balaban J connectivity index is 2.01. The van der Waals surface area contributed by atoms with Crippen LogP contribution in [0.3, 0.4) is 0 Å². The monoisotopic (exact) mass is 401 g/mol. The van der Waals surface area contributed by atoms with E-state index in [1.165, 1.54) is 6.92 Å². The third-order valence-corrected chi connectivity index (χ3v) is 5.04. The summed E-state index contributed by atoms with van der Waals surface area (Å²) in [5.74, 6) is -1.63. The maximum atomic E-state index is 11.3. The fourth-order valence-corrected chi connectivity index (χ4v) is 3.45. The molecule has 6 nitrogen and oxygen atoms in total. The summed E-state index contributed by atoms with van der Waals surface area (Å²) in [6, 6.07) is 10.2. The van der Waals surface area contributed by atoms with E-state index in [1.807, 2.05) is 13.8 Å². The lowest BCUT2D eigenvalue weighted by molar-refractivity contribution is -0.144. The highest BCUT2D eigenvalue weighted by molar-refractivity contribution is 6.30. The molecule has 7 heteroatoms. The molecule has 0 aliphatic carbocycles. The van der Waals surface area contributed by atoms with E-state index in [0.29, 0.717) is 17.3 Å². The second-order valence-electron chi connectivity index (χ2n) is 6.73. The first kappa shape index (κ1) is 19.8. The molecular formula is C21H20ClNO5. The summed E-state index contributed by atoms with van der Waals surface area (Å²) in [6.07, 6.45) is -0.989. The van der Waals surface area contributed by atoms with Crippen LogP contribution in [-0.4, -0.2) is 32.8 Å². The van der Waals surface area contributed by atoms with Gasteiger partial charge in [0.15, 0.2) is 6.10 Å². The molecule has 0 fully saturated rings. The molecule has 1 aromatic heterocycles. The number of carbonyl (C=O) groups is 2. The molecule has 3 rings (SSSR count). The molecule has 2 N–H and O–H groups in total. The highest BCUT2D eigenvalue weighted by Gasteiger charge is 2.16. The number of fused-ring (bicyclic) bond motifs is 1. The maximum absolute atomic E-state index is 11.3. The number of nitrogens with zero attached hydrogens (tertiary/aromatic N) is 1. The largest absolute Gasteiger partial charge is 0.479 e. The molecule has 2 aromatic carbocycles. The zero-order valence-corrected chi connectivity index (χ0v) is 16.4. The van der Waals surface area contributed by atoms with E-state index in [9.17, 15) is 14.7 Å². The summed E-state index contributed by atoms with van der Waals surface area (Å²) in [5.41, 5.74) is 4.03. The zero-order valence-electron chi connectivity index (χ0n) is 15.7. The summed E-state index contributed by atoms with van der Waals surface area (Å²) >= 11 is 6.20. The topological polar surface area (TPSA) is 88.8 Å². The molecule has 0 saturated carbocycles. The van der Waals surface area contributed by atoms with E-state index in [2.05, 4.69) is 4.57 Å². The minimum atomic E-state index is -1.06. The molecule has 0 bridgehead atoms. The van der Waals surface area contributed by atoms with Crippen molar-refractivity contribution in [3.05, 3.63) is 63.8 Å². The molecule has 0 spiro atoms. The number of halogens is 1. The van der Waals surface area contributed by atoms with Crippen LogP contribution in [0.25, 0.3) is 10.9 Å². The number of aromatic nitrogens is 1. The minimum Gasteiger partial charge on any atom is -0.479 e. The molecule has 1 atom stereocenters. The van der Waals surface area contributed by atoms with E-state index < -0.39 is 18.0 Å². The van der Waals surface area contributed by atoms with Crippen LogP contribution in [0.1, 0.15) is 34.1 Å². The Kier molecular flexibility index (Phi) is 5.34.